The van der Waals surface area contributed by atoms with Gasteiger partial charge in [0.15, 0.2) is 0 Å². The minimum atomic E-state index is 0.364. The van der Waals surface area contributed by atoms with Crippen LogP contribution in [-0.2, 0) is 0 Å². The standard InChI is InChI=1S/C11H19N3O/c1-4-5-6-15-11-7-10(12-8-13-11)14-9(2)3/h7-9H,4-6H2,1-3H3,(H,12,13,14). The van der Waals surface area contributed by atoms with Crippen LogP contribution in [0.1, 0.15) is 33.6 Å². The number of hydrogen-bond acceptors (Lipinski definition) is 4. The van der Waals surface area contributed by atoms with Gasteiger partial charge in [-0.3, -0.25) is 0 Å². The van der Waals surface area contributed by atoms with Gasteiger partial charge < -0.3 is 10.1 Å². The van der Waals surface area contributed by atoms with Crippen LogP contribution in [0.15, 0.2) is 12.4 Å². The summed E-state index contributed by atoms with van der Waals surface area (Å²) in [6, 6.07) is 2.19. The predicted molar refractivity (Wildman–Crippen MR) is 61.2 cm³/mol. The van der Waals surface area contributed by atoms with E-state index >= 15 is 0 Å². The SMILES string of the molecule is CCCCOc1cc(NC(C)C)ncn1. The molecule has 0 fully saturated rings. The van der Waals surface area contributed by atoms with Crippen LogP contribution in [0.3, 0.4) is 0 Å². The van der Waals surface area contributed by atoms with Crippen LogP contribution in [0.4, 0.5) is 5.82 Å². The summed E-state index contributed by atoms with van der Waals surface area (Å²) in [5.74, 6) is 1.45. The van der Waals surface area contributed by atoms with E-state index in [0.717, 1.165) is 18.7 Å². The fourth-order valence-corrected chi connectivity index (χ4v) is 1.11. The Morgan fingerprint density at radius 1 is 1.40 bits per heavy atom. The van der Waals surface area contributed by atoms with Gasteiger partial charge in [-0.2, -0.15) is 0 Å². The van der Waals surface area contributed by atoms with Crippen molar-refractivity contribution >= 4 is 5.82 Å². The number of anilines is 1. The van der Waals surface area contributed by atoms with Crippen LogP contribution in [0.25, 0.3) is 0 Å². The molecule has 0 saturated heterocycles. The summed E-state index contributed by atoms with van der Waals surface area (Å²) < 4.78 is 5.48. The van der Waals surface area contributed by atoms with Crippen molar-refractivity contribution in [2.24, 2.45) is 0 Å². The molecule has 1 aromatic heterocycles. The Labute approximate surface area is 91.1 Å². The highest BCUT2D eigenvalue weighted by molar-refractivity contribution is 5.37. The molecule has 1 rings (SSSR count). The average molecular weight is 209 g/mol. The Morgan fingerprint density at radius 3 is 2.87 bits per heavy atom. The Morgan fingerprint density at radius 2 is 2.20 bits per heavy atom. The van der Waals surface area contributed by atoms with Crippen molar-refractivity contribution in [2.45, 2.75) is 39.7 Å². The lowest BCUT2D eigenvalue weighted by atomic mass is 10.4. The van der Waals surface area contributed by atoms with Crippen molar-refractivity contribution in [3.8, 4) is 5.88 Å². The molecule has 0 saturated carbocycles. The smallest absolute Gasteiger partial charge is 0.218 e. The molecular weight excluding hydrogens is 190 g/mol. The monoisotopic (exact) mass is 209 g/mol. The van der Waals surface area contributed by atoms with Crippen molar-refractivity contribution in [1.29, 1.82) is 0 Å². The topological polar surface area (TPSA) is 47.0 Å². The third-order valence-electron chi connectivity index (χ3n) is 1.83. The van der Waals surface area contributed by atoms with Gasteiger partial charge in [0.2, 0.25) is 5.88 Å². The van der Waals surface area contributed by atoms with E-state index in [9.17, 15) is 0 Å². The number of aromatic nitrogens is 2. The Balaban J connectivity index is 2.50. The Bertz CT molecular complexity index is 289. The van der Waals surface area contributed by atoms with Gasteiger partial charge in [0.1, 0.15) is 12.1 Å². The van der Waals surface area contributed by atoms with Crippen LogP contribution in [0.2, 0.25) is 0 Å². The molecule has 1 heterocycles. The molecule has 0 spiro atoms. The molecule has 4 nitrogen and oxygen atoms in total. The molecule has 84 valence electrons. The largest absolute Gasteiger partial charge is 0.478 e. The molecule has 0 radical (unpaired) electrons. The quantitative estimate of drug-likeness (QED) is 0.731. The summed E-state index contributed by atoms with van der Waals surface area (Å²) in [6.45, 7) is 6.99. The van der Waals surface area contributed by atoms with Crippen LogP contribution in [0, 0.1) is 0 Å². The van der Waals surface area contributed by atoms with Gasteiger partial charge in [0, 0.05) is 12.1 Å². The van der Waals surface area contributed by atoms with Gasteiger partial charge in [0.25, 0.3) is 0 Å². The molecule has 0 amide bonds. The first-order valence-electron chi connectivity index (χ1n) is 5.43. The predicted octanol–water partition coefficient (Wildman–Crippen LogP) is 2.48. The lowest BCUT2D eigenvalue weighted by molar-refractivity contribution is 0.297. The van der Waals surface area contributed by atoms with E-state index < -0.39 is 0 Å². The molecule has 0 atom stereocenters. The van der Waals surface area contributed by atoms with Gasteiger partial charge in [-0.05, 0) is 20.3 Å². The van der Waals surface area contributed by atoms with Crippen LogP contribution in [0.5, 0.6) is 5.88 Å². The molecule has 0 bridgehead atoms. The molecule has 1 aromatic rings. The van der Waals surface area contributed by atoms with E-state index in [1.165, 1.54) is 6.33 Å². The summed E-state index contributed by atoms with van der Waals surface area (Å²) in [6.07, 6.45) is 3.70. The third-order valence-corrected chi connectivity index (χ3v) is 1.83. The zero-order chi connectivity index (χ0) is 11.1. The zero-order valence-corrected chi connectivity index (χ0v) is 9.66. The Hall–Kier alpha value is -1.32. The highest BCUT2D eigenvalue weighted by Crippen LogP contribution is 2.12. The number of unbranched alkanes of at least 4 members (excludes halogenated alkanes) is 1. The van der Waals surface area contributed by atoms with E-state index in [2.05, 4.69) is 36.1 Å². The maximum absolute atomic E-state index is 5.48. The molecule has 0 unspecified atom stereocenters. The minimum absolute atomic E-state index is 0.364. The summed E-state index contributed by atoms with van der Waals surface area (Å²) in [4.78, 5) is 8.15. The summed E-state index contributed by atoms with van der Waals surface area (Å²) >= 11 is 0. The normalized spacial score (nSPS) is 10.4. The van der Waals surface area contributed by atoms with Gasteiger partial charge in [-0.15, -0.1) is 0 Å². The molecule has 15 heavy (non-hydrogen) atoms. The van der Waals surface area contributed by atoms with Crippen molar-refractivity contribution in [2.75, 3.05) is 11.9 Å². The molecule has 1 N–H and O–H groups in total. The number of ether oxygens (including phenoxy) is 1. The third kappa shape index (κ3) is 4.63. The number of nitrogens with zero attached hydrogens (tertiary/aromatic N) is 2. The van der Waals surface area contributed by atoms with E-state index in [4.69, 9.17) is 4.74 Å². The molecule has 0 aromatic carbocycles. The van der Waals surface area contributed by atoms with Crippen LogP contribution < -0.4 is 10.1 Å². The molecule has 0 aliphatic carbocycles. The molecule has 0 aliphatic rings. The second-order valence-electron chi connectivity index (χ2n) is 3.74. The van der Waals surface area contributed by atoms with Gasteiger partial charge in [-0.25, -0.2) is 9.97 Å². The fourth-order valence-electron chi connectivity index (χ4n) is 1.11. The zero-order valence-electron chi connectivity index (χ0n) is 9.66. The first-order valence-corrected chi connectivity index (χ1v) is 5.43. The lowest BCUT2D eigenvalue weighted by Gasteiger charge is -2.09. The number of rotatable bonds is 6. The minimum Gasteiger partial charge on any atom is -0.478 e. The second-order valence-corrected chi connectivity index (χ2v) is 3.74. The van der Waals surface area contributed by atoms with Crippen molar-refractivity contribution in [3.63, 3.8) is 0 Å². The van der Waals surface area contributed by atoms with E-state index in [-0.39, 0.29) is 0 Å². The van der Waals surface area contributed by atoms with Crippen molar-refractivity contribution < 1.29 is 4.74 Å². The maximum atomic E-state index is 5.48. The first kappa shape index (κ1) is 11.8. The molecule has 0 aliphatic heterocycles. The summed E-state index contributed by atoms with van der Waals surface area (Å²) in [5.41, 5.74) is 0. The van der Waals surface area contributed by atoms with Crippen molar-refractivity contribution in [1.82, 2.24) is 9.97 Å². The van der Waals surface area contributed by atoms with Gasteiger partial charge >= 0.3 is 0 Å². The number of nitrogens with one attached hydrogen (secondary N) is 1. The highest BCUT2D eigenvalue weighted by atomic mass is 16.5. The summed E-state index contributed by atoms with van der Waals surface area (Å²) in [7, 11) is 0. The van der Waals surface area contributed by atoms with Crippen LogP contribution in [-0.4, -0.2) is 22.6 Å². The number of hydrogen-bond donors (Lipinski definition) is 1. The first-order chi connectivity index (χ1) is 7.22. The van der Waals surface area contributed by atoms with E-state index in [1.54, 1.807) is 0 Å². The van der Waals surface area contributed by atoms with E-state index in [0.29, 0.717) is 18.5 Å². The van der Waals surface area contributed by atoms with Gasteiger partial charge in [-0.1, -0.05) is 13.3 Å². The van der Waals surface area contributed by atoms with Gasteiger partial charge in [0.05, 0.1) is 6.61 Å². The van der Waals surface area contributed by atoms with Crippen molar-refractivity contribution in [3.05, 3.63) is 12.4 Å². The lowest BCUT2D eigenvalue weighted by Crippen LogP contribution is -2.11. The highest BCUT2D eigenvalue weighted by Gasteiger charge is 2.00. The fraction of sp³-hybridized carbons (Fsp3) is 0.636. The maximum Gasteiger partial charge on any atom is 0.218 e. The van der Waals surface area contributed by atoms with E-state index in [1.807, 2.05) is 6.07 Å². The second kappa shape index (κ2) is 6.22. The Kier molecular flexibility index (Phi) is 4.87. The average Bonchev–Trinajstić information content (AvgIpc) is 2.18. The van der Waals surface area contributed by atoms with Crippen LogP contribution >= 0.6 is 0 Å². The molecular formula is C11H19N3O. The molecule has 4 heteroatoms. The summed E-state index contributed by atoms with van der Waals surface area (Å²) in [5, 5.41) is 3.20.